The van der Waals surface area contributed by atoms with E-state index >= 15 is 0 Å². The number of nitrogens with zero attached hydrogens (tertiary/aromatic N) is 5. The first-order valence-corrected chi connectivity index (χ1v) is 8.79. The van der Waals surface area contributed by atoms with Crippen LogP contribution in [0.2, 0.25) is 0 Å². The third-order valence-electron chi connectivity index (χ3n) is 5.08. The van der Waals surface area contributed by atoms with Gasteiger partial charge in [0.25, 0.3) is 0 Å². The summed E-state index contributed by atoms with van der Waals surface area (Å²) in [6.45, 7) is 8.52. The summed E-state index contributed by atoms with van der Waals surface area (Å²) in [7, 11) is 0. The van der Waals surface area contributed by atoms with Gasteiger partial charge in [0, 0.05) is 45.3 Å². The van der Waals surface area contributed by atoms with E-state index in [1.807, 2.05) is 27.6 Å². The fourth-order valence-electron chi connectivity index (χ4n) is 3.64. The van der Waals surface area contributed by atoms with Gasteiger partial charge in [-0.25, -0.2) is 0 Å². The van der Waals surface area contributed by atoms with Crippen LogP contribution < -0.4 is 0 Å². The number of hydrogen-bond acceptors (Lipinski definition) is 4. The molecule has 1 aromatic heterocycles. The fourth-order valence-corrected chi connectivity index (χ4v) is 3.64. The molecule has 0 aromatic carbocycles. The molecule has 3 rings (SSSR count). The maximum Gasteiger partial charge on any atom is 0.236 e. The minimum atomic E-state index is 0.0937. The highest BCUT2D eigenvalue weighted by Gasteiger charge is 2.29. The second-order valence-corrected chi connectivity index (χ2v) is 6.89. The Morgan fingerprint density at radius 3 is 2.50 bits per heavy atom. The van der Waals surface area contributed by atoms with Gasteiger partial charge < -0.3 is 9.80 Å². The number of aryl methyl sites for hydroxylation is 1. The van der Waals surface area contributed by atoms with Crippen LogP contribution in [-0.4, -0.2) is 81.6 Å². The lowest BCUT2D eigenvalue weighted by Gasteiger charge is -2.35. The van der Waals surface area contributed by atoms with Crippen molar-refractivity contribution in [3.05, 3.63) is 18.0 Å². The summed E-state index contributed by atoms with van der Waals surface area (Å²) in [4.78, 5) is 30.0. The van der Waals surface area contributed by atoms with Crippen LogP contribution in [0.4, 0.5) is 0 Å². The summed E-state index contributed by atoms with van der Waals surface area (Å²) >= 11 is 0. The molecule has 0 N–H and O–H groups in total. The molecular formula is C17H27N5O2. The molecule has 1 aromatic rings. The molecule has 0 saturated carbocycles. The number of carbonyl (C=O) groups excluding carboxylic acids is 2. The number of amides is 2. The van der Waals surface area contributed by atoms with E-state index in [0.29, 0.717) is 38.8 Å². The van der Waals surface area contributed by atoms with E-state index in [1.54, 1.807) is 6.92 Å². The molecule has 0 aliphatic carbocycles. The predicted molar refractivity (Wildman–Crippen MR) is 90.4 cm³/mol. The van der Waals surface area contributed by atoms with Crippen molar-refractivity contribution >= 4 is 11.8 Å². The van der Waals surface area contributed by atoms with Crippen LogP contribution in [0.5, 0.6) is 0 Å². The molecule has 7 nitrogen and oxygen atoms in total. The Bertz CT molecular complexity index is 592. The highest BCUT2D eigenvalue weighted by atomic mass is 16.2. The average Bonchev–Trinajstić information content (AvgIpc) is 3.17. The summed E-state index contributed by atoms with van der Waals surface area (Å²) in [5, 5.41) is 4.36. The Balaban J connectivity index is 1.51. The van der Waals surface area contributed by atoms with Crippen LogP contribution in [-0.2, 0) is 16.1 Å². The summed E-state index contributed by atoms with van der Waals surface area (Å²) in [6.07, 6.45) is 6.18. The molecule has 3 heterocycles. The van der Waals surface area contributed by atoms with Crippen molar-refractivity contribution in [2.45, 2.75) is 39.3 Å². The SMILES string of the molecule is CC(=O)N1CCN(C(=O)CN2CCCC2Cn2cc(C)cn2)CC1. The van der Waals surface area contributed by atoms with Gasteiger partial charge in [-0.3, -0.25) is 19.2 Å². The van der Waals surface area contributed by atoms with E-state index in [9.17, 15) is 9.59 Å². The van der Waals surface area contributed by atoms with Gasteiger partial charge in [-0.05, 0) is 31.9 Å². The Morgan fingerprint density at radius 2 is 1.88 bits per heavy atom. The van der Waals surface area contributed by atoms with E-state index in [4.69, 9.17) is 0 Å². The molecule has 132 valence electrons. The molecule has 2 aliphatic heterocycles. The minimum Gasteiger partial charge on any atom is -0.339 e. The van der Waals surface area contributed by atoms with E-state index in [-0.39, 0.29) is 11.8 Å². The first kappa shape index (κ1) is 17.0. The Hall–Kier alpha value is -1.89. The number of aromatic nitrogens is 2. The first-order valence-electron chi connectivity index (χ1n) is 8.79. The monoisotopic (exact) mass is 333 g/mol. The van der Waals surface area contributed by atoms with Gasteiger partial charge in [-0.2, -0.15) is 5.10 Å². The van der Waals surface area contributed by atoms with Crippen LogP contribution >= 0.6 is 0 Å². The quantitative estimate of drug-likeness (QED) is 0.797. The lowest BCUT2D eigenvalue weighted by atomic mass is 10.2. The normalized spacial score (nSPS) is 22.2. The summed E-state index contributed by atoms with van der Waals surface area (Å²) in [5.74, 6) is 0.276. The van der Waals surface area contributed by atoms with Gasteiger partial charge in [0.1, 0.15) is 0 Å². The third-order valence-corrected chi connectivity index (χ3v) is 5.08. The zero-order valence-electron chi connectivity index (χ0n) is 14.6. The van der Waals surface area contributed by atoms with Crippen molar-refractivity contribution in [3.8, 4) is 0 Å². The largest absolute Gasteiger partial charge is 0.339 e. The van der Waals surface area contributed by atoms with Gasteiger partial charge in [0.15, 0.2) is 0 Å². The number of carbonyl (C=O) groups is 2. The highest BCUT2D eigenvalue weighted by molar-refractivity contribution is 5.79. The molecule has 1 unspecified atom stereocenters. The standard InChI is InChI=1S/C17H27N5O2/c1-14-10-18-22(11-14)12-16-4-3-5-21(16)13-17(24)20-8-6-19(7-9-20)15(2)23/h10-11,16H,3-9,12-13H2,1-2H3. The predicted octanol–water partition coefficient (Wildman–Crippen LogP) is 0.347. The fraction of sp³-hybridized carbons (Fsp3) is 0.706. The van der Waals surface area contributed by atoms with Gasteiger partial charge >= 0.3 is 0 Å². The number of likely N-dealkylation sites (tertiary alicyclic amines) is 1. The molecule has 2 fully saturated rings. The van der Waals surface area contributed by atoms with Gasteiger partial charge in [0.05, 0.1) is 19.3 Å². The summed E-state index contributed by atoms with van der Waals surface area (Å²) < 4.78 is 1.98. The van der Waals surface area contributed by atoms with Gasteiger partial charge in [-0.1, -0.05) is 0 Å². The van der Waals surface area contributed by atoms with Crippen molar-refractivity contribution in [2.24, 2.45) is 0 Å². The summed E-state index contributed by atoms with van der Waals surface area (Å²) in [6, 6.07) is 0.381. The Morgan fingerprint density at radius 1 is 1.17 bits per heavy atom. The van der Waals surface area contributed by atoms with Crippen LogP contribution in [0, 0.1) is 6.92 Å². The lowest BCUT2D eigenvalue weighted by Crippen LogP contribution is -2.52. The number of hydrogen-bond donors (Lipinski definition) is 0. The van der Waals surface area contributed by atoms with Crippen molar-refractivity contribution in [1.29, 1.82) is 0 Å². The van der Waals surface area contributed by atoms with Crippen LogP contribution in [0.3, 0.4) is 0 Å². The minimum absolute atomic E-state index is 0.0937. The number of rotatable bonds is 4. The van der Waals surface area contributed by atoms with E-state index in [0.717, 1.165) is 25.9 Å². The molecular weight excluding hydrogens is 306 g/mol. The van der Waals surface area contributed by atoms with Gasteiger partial charge in [0.2, 0.25) is 11.8 Å². The zero-order chi connectivity index (χ0) is 17.1. The maximum absolute atomic E-state index is 12.6. The van der Waals surface area contributed by atoms with E-state index in [2.05, 4.69) is 16.2 Å². The molecule has 0 radical (unpaired) electrons. The molecule has 1 atom stereocenters. The van der Waals surface area contributed by atoms with Crippen LogP contribution in [0.1, 0.15) is 25.3 Å². The van der Waals surface area contributed by atoms with Crippen LogP contribution in [0.15, 0.2) is 12.4 Å². The zero-order valence-corrected chi connectivity index (χ0v) is 14.6. The lowest BCUT2D eigenvalue weighted by molar-refractivity contribution is -0.139. The molecule has 2 aliphatic rings. The molecule has 0 spiro atoms. The Kier molecular flexibility index (Phi) is 5.18. The van der Waals surface area contributed by atoms with Gasteiger partial charge in [-0.15, -0.1) is 0 Å². The van der Waals surface area contributed by atoms with Crippen molar-refractivity contribution < 1.29 is 9.59 Å². The highest BCUT2D eigenvalue weighted by Crippen LogP contribution is 2.19. The second kappa shape index (κ2) is 7.34. The smallest absolute Gasteiger partial charge is 0.236 e. The molecule has 2 amide bonds. The van der Waals surface area contributed by atoms with E-state index in [1.165, 1.54) is 5.56 Å². The molecule has 2 saturated heterocycles. The average molecular weight is 333 g/mol. The number of piperazine rings is 1. The molecule has 0 bridgehead atoms. The van der Waals surface area contributed by atoms with Crippen molar-refractivity contribution in [1.82, 2.24) is 24.5 Å². The Labute approximate surface area is 143 Å². The van der Waals surface area contributed by atoms with E-state index < -0.39 is 0 Å². The first-order chi connectivity index (χ1) is 11.5. The summed E-state index contributed by atoms with van der Waals surface area (Å²) in [5.41, 5.74) is 1.17. The maximum atomic E-state index is 12.6. The third kappa shape index (κ3) is 3.95. The second-order valence-electron chi connectivity index (χ2n) is 6.89. The molecule has 24 heavy (non-hydrogen) atoms. The molecule has 7 heteroatoms. The van der Waals surface area contributed by atoms with Crippen LogP contribution in [0.25, 0.3) is 0 Å². The topological polar surface area (TPSA) is 61.7 Å². The van der Waals surface area contributed by atoms with Crippen molar-refractivity contribution in [2.75, 3.05) is 39.3 Å². The van der Waals surface area contributed by atoms with Crippen molar-refractivity contribution in [3.63, 3.8) is 0 Å².